The molecule has 3 aliphatic carbocycles. The van der Waals surface area contributed by atoms with Crippen molar-refractivity contribution in [1.82, 2.24) is 0 Å². The van der Waals surface area contributed by atoms with Gasteiger partial charge in [-0.25, -0.2) is 0 Å². The first-order valence-corrected chi connectivity index (χ1v) is 6.50. The molecule has 0 N–H and O–H groups in total. The van der Waals surface area contributed by atoms with Crippen molar-refractivity contribution in [3.8, 4) is 0 Å². The molecule has 0 aromatic heterocycles. The number of carbonyl (C=O) groups excluding carboxylic acids is 1. The normalized spacial score (nSPS) is 44.4. The predicted octanol–water partition coefficient (Wildman–Crippen LogP) is 3.08. The van der Waals surface area contributed by atoms with Crippen molar-refractivity contribution in [2.45, 2.75) is 45.4 Å². The average Bonchev–Trinajstić information content (AvgIpc) is 2.89. The summed E-state index contributed by atoms with van der Waals surface area (Å²) in [5.74, 6) is 0.516. The van der Waals surface area contributed by atoms with Gasteiger partial charge in [0.05, 0.1) is 6.61 Å². The molecular formula is C14H20O2. The van der Waals surface area contributed by atoms with E-state index in [0.29, 0.717) is 23.4 Å². The van der Waals surface area contributed by atoms with Crippen LogP contribution in [0.1, 0.15) is 45.4 Å². The molecule has 2 nitrogen and oxygen atoms in total. The Morgan fingerprint density at radius 2 is 1.81 bits per heavy atom. The molecule has 0 aromatic rings. The SMILES string of the molecule is CC(=O)OCC1C23CC=CCC12CCCC3. The monoisotopic (exact) mass is 220 g/mol. The fourth-order valence-corrected chi connectivity index (χ4v) is 4.57. The largest absolute Gasteiger partial charge is 0.466 e. The van der Waals surface area contributed by atoms with Gasteiger partial charge in [0.1, 0.15) is 0 Å². The van der Waals surface area contributed by atoms with E-state index in [9.17, 15) is 4.79 Å². The van der Waals surface area contributed by atoms with Gasteiger partial charge in [0.25, 0.3) is 0 Å². The van der Waals surface area contributed by atoms with Crippen molar-refractivity contribution in [1.29, 1.82) is 0 Å². The standard InChI is InChI=1S/C14H20O2/c1-11(15)16-10-12-13-6-2-3-7-14(12,13)9-5-4-8-13/h2-3,12H,4-10H2,1H3. The van der Waals surface area contributed by atoms with E-state index >= 15 is 0 Å². The van der Waals surface area contributed by atoms with Crippen LogP contribution < -0.4 is 0 Å². The Kier molecular flexibility index (Phi) is 2.17. The molecule has 0 aliphatic heterocycles. The second-order valence-electron chi connectivity index (χ2n) is 5.75. The van der Waals surface area contributed by atoms with Gasteiger partial charge < -0.3 is 4.74 Å². The van der Waals surface area contributed by atoms with Gasteiger partial charge in [0, 0.05) is 12.8 Å². The summed E-state index contributed by atoms with van der Waals surface area (Å²) >= 11 is 0. The number of hydrogen-bond donors (Lipinski definition) is 0. The summed E-state index contributed by atoms with van der Waals surface area (Å²) in [4.78, 5) is 10.9. The van der Waals surface area contributed by atoms with Gasteiger partial charge in [-0.2, -0.15) is 0 Å². The summed E-state index contributed by atoms with van der Waals surface area (Å²) in [5.41, 5.74) is 1.02. The zero-order chi connectivity index (χ0) is 11.2. The van der Waals surface area contributed by atoms with Gasteiger partial charge in [0.2, 0.25) is 0 Å². The van der Waals surface area contributed by atoms with Gasteiger partial charge >= 0.3 is 5.97 Å². The van der Waals surface area contributed by atoms with Crippen molar-refractivity contribution in [2.24, 2.45) is 16.7 Å². The quantitative estimate of drug-likeness (QED) is 0.528. The maximum Gasteiger partial charge on any atom is 0.302 e. The Hall–Kier alpha value is -0.790. The smallest absolute Gasteiger partial charge is 0.302 e. The lowest BCUT2D eigenvalue weighted by molar-refractivity contribution is -0.141. The fraction of sp³-hybridized carbons (Fsp3) is 0.786. The second kappa shape index (κ2) is 3.35. The van der Waals surface area contributed by atoms with E-state index in [1.165, 1.54) is 45.4 Å². The summed E-state index contributed by atoms with van der Waals surface area (Å²) in [6.45, 7) is 2.18. The number of allylic oxidation sites excluding steroid dienone is 2. The summed E-state index contributed by atoms with van der Waals surface area (Å²) in [6.07, 6.45) is 12.6. The fourth-order valence-electron chi connectivity index (χ4n) is 4.57. The van der Waals surface area contributed by atoms with Crippen LogP contribution in [0.15, 0.2) is 12.2 Å². The molecule has 2 fully saturated rings. The minimum atomic E-state index is -0.124. The molecule has 3 aliphatic rings. The average molecular weight is 220 g/mol. The highest BCUT2D eigenvalue weighted by molar-refractivity contribution is 5.66. The van der Waals surface area contributed by atoms with Gasteiger partial charge in [-0.1, -0.05) is 25.0 Å². The van der Waals surface area contributed by atoms with E-state index in [4.69, 9.17) is 4.74 Å². The number of rotatable bonds is 2. The molecule has 2 atom stereocenters. The summed E-state index contributed by atoms with van der Waals surface area (Å²) in [5, 5.41) is 0. The van der Waals surface area contributed by atoms with Crippen LogP contribution in [-0.4, -0.2) is 12.6 Å². The van der Waals surface area contributed by atoms with Crippen LogP contribution in [0.3, 0.4) is 0 Å². The first kappa shape index (κ1) is 10.4. The topological polar surface area (TPSA) is 26.3 Å². The predicted molar refractivity (Wildman–Crippen MR) is 61.8 cm³/mol. The zero-order valence-electron chi connectivity index (χ0n) is 10.00. The maximum absolute atomic E-state index is 10.9. The van der Waals surface area contributed by atoms with Gasteiger partial charge in [-0.3, -0.25) is 4.79 Å². The molecule has 16 heavy (non-hydrogen) atoms. The number of hydrogen-bond acceptors (Lipinski definition) is 2. The van der Waals surface area contributed by atoms with Crippen LogP contribution in [0.5, 0.6) is 0 Å². The van der Waals surface area contributed by atoms with E-state index in [1.54, 1.807) is 0 Å². The van der Waals surface area contributed by atoms with Crippen LogP contribution in [0, 0.1) is 16.7 Å². The molecule has 0 radical (unpaired) electrons. The number of carbonyl (C=O) groups is 1. The lowest BCUT2D eigenvalue weighted by atomic mass is 9.73. The molecule has 0 amide bonds. The van der Waals surface area contributed by atoms with Crippen molar-refractivity contribution in [3.63, 3.8) is 0 Å². The summed E-state index contributed by atoms with van der Waals surface area (Å²) in [7, 11) is 0. The number of esters is 1. The van der Waals surface area contributed by atoms with E-state index in [2.05, 4.69) is 12.2 Å². The Morgan fingerprint density at radius 1 is 1.25 bits per heavy atom. The third kappa shape index (κ3) is 1.16. The molecular weight excluding hydrogens is 200 g/mol. The molecule has 3 rings (SSSR count). The highest BCUT2D eigenvalue weighted by Gasteiger charge is 2.75. The minimum absolute atomic E-state index is 0.124. The molecule has 2 heteroatoms. The summed E-state index contributed by atoms with van der Waals surface area (Å²) < 4.78 is 5.27. The van der Waals surface area contributed by atoms with Crippen molar-refractivity contribution < 1.29 is 9.53 Å². The van der Waals surface area contributed by atoms with E-state index in [-0.39, 0.29) is 5.97 Å². The molecule has 0 heterocycles. The van der Waals surface area contributed by atoms with E-state index < -0.39 is 0 Å². The van der Waals surface area contributed by atoms with Gasteiger partial charge in [-0.15, -0.1) is 0 Å². The van der Waals surface area contributed by atoms with E-state index in [0.717, 1.165) is 0 Å². The lowest BCUT2D eigenvalue weighted by Gasteiger charge is -2.31. The lowest BCUT2D eigenvalue weighted by Crippen LogP contribution is -2.20. The highest BCUT2D eigenvalue weighted by Crippen LogP contribution is 2.80. The van der Waals surface area contributed by atoms with Crippen molar-refractivity contribution in [2.75, 3.05) is 6.61 Å². The van der Waals surface area contributed by atoms with Gasteiger partial charge in [0.15, 0.2) is 0 Å². The molecule has 0 aromatic carbocycles. The third-order valence-corrected chi connectivity index (χ3v) is 5.32. The van der Waals surface area contributed by atoms with Crippen molar-refractivity contribution in [3.05, 3.63) is 12.2 Å². The molecule has 0 spiro atoms. The van der Waals surface area contributed by atoms with Crippen LogP contribution >= 0.6 is 0 Å². The highest BCUT2D eigenvalue weighted by atomic mass is 16.5. The molecule has 2 unspecified atom stereocenters. The third-order valence-electron chi connectivity index (χ3n) is 5.32. The van der Waals surface area contributed by atoms with Gasteiger partial charge in [-0.05, 0) is 36.5 Å². The van der Waals surface area contributed by atoms with Crippen LogP contribution in [0.4, 0.5) is 0 Å². The summed E-state index contributed by atoms with van der Waals surface area (Å²) in [6, 6.07) is 0. The minimum Gasteiger partial charge on any atom is -0.466 e. The van der Waals surface area contributed by atoms with E-state index in [1.807, 2.05) is 0 Å². The Bertz CT molecular complexity index is 323. The first-order valence-electron chi connectivity index (χ1n) is 6.50. The molecule has 0 saturated heterocycles. The molecule has 0 bridgehead atoms. The Labute approximate surface area is 97.1 Å². The molecule has 88 valence electrons. The molecule has 2 saturated carbocycles. The second-order valence-corrected chi connectivity index (χ2v) is 5.75. The zero-order valence-corrected chi connectivity index (χ0v) is 10.00. The van der Waals surface area contributed by atoms with Crippen LogP contribution in [-0.2, 0) is 9.53 Å². The Morgan fingerprint density at radius 3 is 2.31 bits per heavy atom. The van der Waals surface area contributed by atoms with Crippen LogP contribution in [0.25, 0.3) is 0 Å². The first-order chi connectivity index (χ1) is 7.71. The number of ether oxygens (including phenoxy) is 1. The Balaban J connectivity index is 1.78. The van der Waals surface area contributed by atoms with Crippen molar-refractivity contribution >= 4 is 5.97 Å². The maximum atomic E-state index is 10.9. The van der Waals surface area contributed by atoms with Crippen LogP contribution in [0.2, 0.25) is 0 Å².